The van der Waals surface area contributed by atoms with Gasteiger partial charge in [0.15, 0.2) is 0 Å². The molecule has 1 aliphatic carbocycles. The van der Waals surface area contributed by atoms with Crippen LogP contribution >= 0.6 is 0 Å². The van der Waals surface area contributed by atoms with Gasteiger partial charge in [0.2, 0.25) is 11.8 Å². The number of ether oxygens (including phenoxy) is 1. The minimum atomic E-state index is -0.0681. The molecule has 32 heavy (non-hydrogen) atoms. The van der Waals surface area contributed by atoms with Crippen molar-refractivity contribution >= 4 is 23.2 Å². The highest BCUT2D eigenvalue weighted by atomic mass is 16.5. The van der Waals surface area contributed by atoms with Gasteiger partial charge in [-0.3, -0.25) is 9.59 Å². The first-order valence-electron chi connectivity index (χ1n) is 11.5. The number of likely N-dealkylation sites (tertiary alicyclic amines) is 1. The SMILES string of the molecule is COc1ccc(N(Cc2ccc(N(C)C)cc2)C(=O)C2CCN(C(=O)C3CC3)CC2)cc1. The van der Waals surface area contributed by atoms with E-state index in [2.05, 4.69) is 29.2 Å². The Morgan fingerprint density at radius 3 is 2.00 bits per heavy atom. The monoisotopic (exact) mass is 435 g/mol. The summed E-state index contributed by atoms with van der Waals surface area (Å²) in [7, 11) is 5.67. The maximum atomic E-state index is 13.6. The van der Waals surface area contributed by atoms with E-state index < -0.39 is 0 Å². The second-order valence-electron chi connectivity index (χ2n) is 9.06. The Morgan fingerprint density at radius 1 is 0.875 bits per heavy atom. The molecule has 4 rings (SSSR count). The summed E-state index contributed by atoms with van der Waals surface area (Å²) < 4.78 is 5.29. The van der Waals surface area contributed by atoms with Gasteiger partial charge in [0.25, 0.3) is 0 Å². The largest absolute Gasteiger partial charge is 0.497 e. The molecule has 0 aromatic heterocycles. The van der Waals surface area contributed by atoms with Gasteiger partial charge >= 0.3 is 0 Å². The second-order valence-corrected chi connectivity index (χ2v) is 9.06. The zero-order valence-electron chi connectivity index (χ0n) is 19.3. The predicted octanol–water partition coefficient (Wildman–Crippen LogP) is 3.94. The van der Waals surface area contributed by atoms with Gasteiger partial charge in [0.1, 0.15) is 5.75 Å². The van der Waals surface area contributed by atoms with Crippen LogP contribution in [0, 0.1) is 11.8 Å². The predicted molar refractivity (Wildman–Crippen MR) is 127 cm³/mol. The summed E-state index contributed by atoms with van der Waals surface area (Å²) in [6, 6.07) is 16.0. The van der Waals surface area contributed by atoms with Crippen molar-refractivity contribution in [1.29, 1.82) is 0 Å². The standard InChI is InChI=1S/C26H33N3O3/c1-27(2)22-8-4-19(5-9-22)18-29(23-10-12-24(32-3)13-11-23)26(31)21-14-16-28(17-15-21)25(30)20-6-7-20/h4-5,8-13,20-21H,6-7,14-18H2,1-3H3. The first-order chi connectivity index (χ1) is 15.5. The maximum absolute atomic E-state index is 13.6. The van der Waals surface area contributed by atoms with E-state index in [1.807, 2.05) is 48.2 Å². The molecule has 0 bridgehead atoms. The minimum absolute atomic E-state index is 0.0681. The molecule has 0 atom stereocenters. The van der Waals surface area contributed by atoms with Crippen LogP contribution in [0.3, 0.4) is 0 Å². The van der Waals surface area contributed by atoms with Crippen molar-refractivity contribution in [2.45, 2.75) is 32.2 Å². The van der Waals surface area contributed by atoms with Crippen molar-refractivity contribution < 1.29 is 14.3 Å². The molecule has 2 fully saturated rings. The highest BCUT2D eigenvalue weighted by Crippen LogP contribution is 2.33. The van der Waals surface area contributed by atoms with Crippen molar-refractivity contribution in [3.63, 3.8) is 0 Å². The average Bonchev–Trinajstić information content (AvgIpc) is 3.68. The fourth-order valence-corrected chi connectivity index (χ4v) is 4.30. The van der Waals surface area contributed by atoms with E-state index in [0.29, 0.717) is 19.6 Å². The summed E-state index contributed by atoms with van der Waals surface area (Å²) in [5, 5.41) is 0. The molecule has 2 amide bonds. The first-order valence-corrected chi connectivity index (χ1v) is 11.5. The topological polar surface area (TPSA) is 53.1 Å². The molecule has 1 aliphatic heterocycles. The highest BCUT2D eigenvalue weighted by Gasteiger charge is 2.37. The Labute approximate surface area is 190 Å². The smallest absolute Gasteiger partial charge is 0.230 e. The number of piperidine rings is 1. The van der Waals surface area contributed by atoms with Gasteiger partial charge in [-0.1, -0.05) is 12.1 Å². The Bertz CT molecular complexity index is 928. The summed E-state index contributed by atoms with van der Waals surface area (Å²) in [6.45, 7) is 1.87. The molecule has 170 valence electrons. The number of rotatable bonds is 7. The normalized spacial score (nSPS) is 16.5. The zero-order valence-corrected chi connectivity index (χ0v) is 19.3. The molecule has 2 aliphatic rings. The van der Waals surface area contributed by atoms with Crippen LogP contribution < -0.4 is 14.5 Å². The van der Waals surface area contributed by atoms with Crippen LogP contribution in [0.25, 0.3) is 0 Å². The molecule has 6 nitrogen and oxygen atoms in total. The molecule has 6 heteroatoms. The van der Waals surface area contributed by atoms with E-state index >= 15 is 0 Å². The molecule has 1 heterocycles. The zero-order chi connectivity index (χ0) is 22.7. The van der Waals surface area contributed by atoms with Gasteiger partial charge in [0, 0.05) is 50.4 Å². The molecular weight excluding hydrogens is 402 g/mol. The summed E-state index contributed by atoms with van der Waals surface area (Å²) in [4.78, 5) is 31.9. The lowest BCUT2D eigenvalue weighted by molar-refractivity contribution is -0.136. The summed E-state index contributed by atoms with van der Waals surface area (Å²) in [5.74, 6) is 1.35. The van der Waals surface area contributed by atoms with E-state index in [-0.39, 0.29) is 23.7 Å². The third kappa shape index (κ3) is 5.06. The quantitative estimate of drug-likeness (QED) is 0.661. The molecule has 0 spiro atoms. The molecule has 1 saturated carbocycles. The lowest BCUT2D eigenvalue weighted by Crippen LogP contribution is -2.44. The third-order valence-electron chi connectivity index (χ3n) is 6.53. The highest BCUT2D eigenvalue weighted by molar-refractivity contribution is 5.95. The number of amides is 2. The number of nitrogens with zero attached hydrogens (tertiary/aromatic N) is 3. The van der Waals surface area contributed by atoms with Crippen LogP contribution in [0.5, 0.6) is 5.75 Å². The van der Waals surface area contributed by atoms with Gasteiger partial charge < -0.3 is 19.4 Å². The van der Waals surface area contributed by atoms with E-state index in [1.165, 1.54) is 0 Å². The molecule has 2 aromatic carbocycles. The number of anilines is 2. The summed E-state index contributed by atoms with van der Waals surface area (Å²) in [6.07, 6.45) is 3.50. The fraction of sp³-hybridized carbons (Fsp3) is 0.462. The lowest BCUT2D eigenvalue weighted by atomic mass is 9.94. The van der Waals surface area contributed by atoms with Crippen LogP contribution in [0.15, 0.2) is 48.5 Å². The fourth-order valence-electron chi connectivity index (χ4n) is 4.30. The van der Waals surface area contributed by atoms with Crippen LogP contribution in [-0.2, 0) is 16.1 Å². The number of hydrogen-bond acceptors (Lipinski definition) is 4. The van der Waals surface area contributed by atoms with Gasteiger partial charge in [-0.25, -0.2) is 0 Å². The van der Waals surface area contributed by atoms with Gasteiger partial charge in [-0.15, -0.1) is 0 Å². The number of carbonyl (C=O) groups excluding carboxylic acids is 2. The first kappa shape index (κ1) is 22.2. The van der Waals surface area contributed by atoms with E-state index in [9.17, 15) is 9.59 Å². The maximum Gasteiger partial charge on any atom is 0.230 e. The van der Waals surface area contributed by atoms with Crippen molar-refractivity contribution in [2.24, 2.45) is 11.8 Å². The Balaban J connectivity index is 1.50. The Kier molecular flexibility index (Phi) is 6.68. The second kappa shape index (κ2) is 9.63. The van der Waals surface area contributed by atoms with Crippen molar-refractivity contribution in [1.82, 2.24) is 4.90 Å². The van der Waals surface area contributed by atoms with E-state index in [0.717, 1.165) is 48.4 Å². The molecule has 2 aromatic rings. The molecule has 0 unspecified atom stereocenters. The number of benzene rings is 2. The molecule has 0 radical (unpaired) electrons. The van der Waals surface area contributed by atoms with Crippen molar-refractivity contribution in [3.8, 4) is 5.75 Å². The van der Waals surface area contributed by atoms with E-state index in [1.54, 1.807) is 7.11 Å². The van der Waals surface area contributed by atoms with Crippen LogP contribution in [0.2, 0.25) is 0 Å². The summed E-state index contributed by atoms with van der Waals surface area (Å²) in [5.41, 5.74) is 3.08. The molecular formula is C26H33N3O3. The van der Waals surface area contributed by atoms with Gasteiger partial charge in [-0.2, -0.15) is 0 Å². The number of hydrogen-bond donors (Lipinski definition) is 0. The molecule has 1 saturated heterocycles. The van der Waals surface area contributed by atoms with Crippen LogP contribution in [0.1, 0.15) is 31.2 Å². The molecule has 0 N–H and O–H groups in total. The average molecular weight is 436 g/mol. The van der Waals surface area contributed by atoms with E-state index in [4.69, 9.17) is 4.74 Å². The Morgan fingerprint density at radius 2 is 1.47 bits per heavy atom. The van der Waals surface area contributed by atoms with Crippen LogP contribution in [-0.4, -0.2) is 51.0 Å². The van der Waals surface area contributed by atoms with Crippen LogP contribution in [0.4, 0.5) is 11.4 Å². The summed E-state index contributed by atoms with van der Waals surface area (Å²) >= 11 is 0. The third-order valence-corrected chi connectivity index (χ3v) is 6.53. The van der Waals surface area contributed by atoms with Crippen molar-refractivity contribution in [2.75, 3.05) is 44.1 Å². The number of carbonyl (C=O) groups is 2. The van der Waals surface area contributed by atoms with Gasteiger partial charge in [-0.05, 0) is 67.6 Å². The minimum Gasteiger partial charge on any atom is -0.497 e. The Hall–Kier alpha value is -3.02. The lowest BCUT2D eigenvalue weighted by Gasteiger charge is -2.34. The van der Waals surface area contributed by atoms with Crippen molar-refractivity contribution in [3.05, 3.63) is 54.1 Å². The number of methoxy groups -OCH3 is 1. The van der Waals surface area contributed by atoms with Gasteiger partial charge in [0.05, 0.1) is 13.7 Å².